The van der Waals surface area contributed by atoms with Crippen LogP contribution in [0.3, 0.4) is 0 Å². The van der Waals surface area contributed by atoms with Crippen LogP contribution in [-0.4, -0.2) is 28.7 Å². The van der Waals surface area contributed by atoms with Crippen molar-refractivity contribution in [1.29, 1.82) is 0 Å². The van der Waals surface area contributed by atoms with E-state index >= 15 is 0 Å². The first-order valence-electron chi connectivity index (χ1n) is 6.58. The van der Waals surface area contributed by atoms with Crippen molar-refractivity contribution in [2.24, 2.45) is 0 Å². The molecule has 1 aliphatic rings. The highest BCUT2D eigenvalue weighted by Gasteiger charge is 2.29. The van der Waals surface area contributed by atoms with Gasteiger partial charge in [-0.1, -0.05) is 18.2 Å². The number of hydrogen-bond donors (Lipinski definition) is 1. The standard InChI is InChI=1S/C15H15N3O2/c1-16-15-11(9-18-13(19)6-7-14(18)20)8-10-4-2-3-5-12(10)17-15/h2-5,8H,6-7,9H2,1H3,(H,16,17). The fourth-order valence-corrected chi connectivity index (χ4v) is 2.47. The van der Waals surface area contributed by atoms with Crippen LogP contribution >= 0.6 is 0 Å². The molecule has 3 rings (SSSR count). The number of carbonyl (C=O) groups excluding carboxylic acids is 2. The van der Waals surface area contributed by atoms with Crippen LogP contribution in [0.5, 0.6) is 0 Å². The molecule has 2 heterocycles. The zero-order chi connectivity index (χ0) is 14.1. The largest absolute Gasteiger partial charge is 0.373 e. The maximum atomic E-state index is 11.7. The molecule has 2 aromatic rings. The Hall–Kier alpha value is -2.43. The number of pyridine rings is 1. The predicted molar refractivity (Wildman–Crippen MR) is 76.1 cm³/mol. The minimum Gasteiger partial charge on any atom is -0.373 e. The number of fused-ring (bicyclic) bond motifs is 1. The van der Waals surface area contributed by atoms with Crippen molar-refractivity contribution >= 4 is 28.5 Å². The summed E-state index contributed by atoms with van der Waals surface area (Å²) in [6.07, 6.45) is 0.628. The smallest absolute Gasteiger partial charge is 0.230 e. The van der Waals surface area contributed by atoms with Gasteiger partial charge in [-0.2, -0.15) is 0 Å². The summed E-state index contributed by atoms with van der Waals surface area (Å²) >= 11 is 0. The molecule has 1 aromatic carbocycles. The molecule has 0 saturated carbocycles. The van der Waals surface area contributed by atoms with E-state index in [4.69, 9.17) is 0 Å². The summed E-state index contributed by atoms with van der Waals surface area (Å²) in [6, 6.07) is 9.76. The van der Waals surface area contributed by atoms with Gasteiger partial charge in [-0.05, 0) is 12.1 Å². The van der Waals surface area contributed by atoms with Gasteiger partial charge < -0.3 is 5.32 Å². The Morgan fingerprint density at radius 3 is 2.60 bits per heavy atom. The zero-order valence-corrected chi connectivity index (χ0v) is 11.2. The lowest BCUT2D eigenvalue weighted by molar-refractivity contribution is -0.139. The van der Waals surface area contributed by atoms with Gasteiger partial charge in [-0.25, -0.2) is 4.98 Å². The molecule has 0 aliphatic carbocycles. The Labute approximate surface area is 116 Å². The number of imide groups is 1. The first-order chi connectivity index (χ1) is 9.69. The van der Waals surface area contributed by atoms with Gasteiger partial charge in [0, 0.05) is 30.8 Å². The number of likely N-dealkylation sites (tertiary alicyclic amines) is 1. The second-order valence-corrected chi connectivity index (χ2v) is 4.81. The van der Waals surface area contributed by atoms with E-state index in [0.717, 1.165) is 16.5 Å². The molecule has 1 saturated heterocycles. The highest BCUT2D eigenvalue weighted by molar-refractivity contribution is 6.02. The van der Waals surface area contributed by atoms with Gasteiger partial charge in [0.2, 0.25) is 11.8 Å². The SMILES string of the molecule is CNc1nc2ccccc2cc1CN1C(=O)CCC1=O. The predicted octanol–water partition coefficient (Wildman–Crippen LogP) is 1.93. The van der Waals surface area contributed by atoms with Crippen molar-refractivity contribution in [3.63, 3.8) is 0 Å². The molecule has 0 atom stereocenters. The first kappa shape index (κ1) is 12.6. The van der Waals surface area contributed by atoms with Gasteiger partial charge in [0.15, 0.2) is 0 Å². The summed E-state index contributed by atoms with van der Waals surface area (Å²) in [6.45, 7) is 0.283. The molecule has 0 radical (unpaired) electrons. The second kappa shape index (κ2) is 4.92. The molecule has 2 amide bonds. The van der Waals surface area contributed by atoms with E-state index in [2.05, 4.69) is 10.3 Å². The van der Waals surface area contributed by atoms with Gasteiger partial charge in [0.25, 0.3) is 0 Å². The molecule has 0 bridgehead atoms. The average Bonchev–Trinajstić information content (AvgIpc) is 2.78. The summed E-state index contributed by atoms with van der Waals surface area (Å²) in [5.74, 6) is 0.492. The van der Waals surface area contributed by atoms with Crippen molar-refractivity contribution in [2.45, 2.75) is 19.4 Å². The van der Waals surface area contributed by atoms with Crippen molar-refractivity contribution < 1.29 is 9.59 Å². The number of aromatic nitrogens is 1. The van der Waals surface area contributed by atoms with E-state index in [1.807, 2.05) is 30.3 Å². The third-order valence-corrected chi connectivity index (χ3v) is 3.52. The van der Waals surface area contributed by atoms with Crippen molar-refractivity contribution in [1.82, 2.24) is 9.88 Å². The molecule has 1 fully saturated rings. The van der Waals surface area contributed by atoms with Crippen LogP contribution in [0.25, 0.3) is 10.9 Å². The Morgan fingerprint density at radius 1 is 1.20 bits per heavy atom. The van der Waals surface area contributed by atoms with Crippen molar-refractivity contribution in [3.05, 3.63) is 35.9 Å². The molecule has 1 aliphatic heterocycles. The van der Waals surface area contributed by atoms with E-state index in [-0.39, 0.29) is 18.4 Å². The van der Waals surface area contributed by atoms with Crippen LogP contribution in [0.4, 0.5) is 5.82 Å². The lowest BCUT2D eigenvalue weighted by Crippen LogP contribution is -2.28. The average molecular weight is 269 g/mol. The van der Waals surface area contributed by atoms with Crippen LogP contribution in [0.15, 0.2) is 30.3 Å². The normalized spacial score (nSPS) is 15.2. The summed E-state index contributed by atoms with van der Waals surface area (Å²) < 4.78 is 0. The van der Waals surface area contributed by atoms with Crippen LogP contribution in [0.1, 0.15) is 18.4 Å². The Bertz CT molecular complexity index is 681. The maximum absolute atomic E-state index is 11.7. The van der Waals surface area contributed by atoms with E-state index in [9.17, 15) is 9.59 Å². The molecular weight excluding hydrogens is 254 g/mol. The Morgan fingerprint density at radius 2 is 1.90 bits per heavy atom. The maximum Gasteiger partial charge on any atom is 0.230 e. The molecule has 5 heteroatoms. The van der Waals surface area contributed by atoms with Crippen molar-refractivity contribution in [3.8, 4) is 0 Å². The van der Waals surface area contributed by atoms with Gasteiger partial charge >= 0.3 is 0 Å². The monoisotopic (exact) mass is 269 g/mol. The van der Waals surface area contributed by atoms with Gasteiger partial charge in [-0.15, -0.1) is 0 Å². The quantitative estimate of drug-likeness (QED) is 0.865. The summed E-state index contributed by atoms with van der Waals surface area (Å²) in [5.41, 5.74) is 1.74. The molecule has 102 valence electrons. The molecule has 1 aromatic heterocycles. The number of hydrogen-bond acceptors (Lipinski definition) is 4. The third-order valence-electron chi connectivity index (χ3n) is 3.52. The minimum atomic E-state index is -0.106. The zero-order valence-electron chi connectivity index (χ0n) is 11.2. The number of amides is 2. The first-order valence-corrected chi connectivity index (χ1v) is 6.58. The van der Waals surface area contributed by atoms with Crippen LogP contribution in [0.2, 0.25) is 0 Å². The molecular formula is C15H15N3O2. The third kappa shape index (κ3) is 2.11. The summed E-state index contributed by atoms with van der Waals surface area (Å²) in [7, 11) is 1.79. The Balaban J connectivity index is 2.01. The van der Waals surface area contributed by atoms with Crippen LogP contribution < -0.4 is 5.32 Å². The molecule has 20 heavy (non-hydrogen) atoms. The molecule has 5 nitrogen and oxygen atoms in total. The van der Waals surface area contributed by atoms with Crippen LogP contribution in [-0.2, 0) is 16.1 Å². The molecule has 0 spiro atoms. The van der Waals surface area contributed by atoms with Crippen LogP contribution in [0, 0.1) is 0 Å². The number of benzene rings is 1. The molecule has 0 unspecified atom stereocenters. The van der Waals surface area contributed by atoms with Gasteiger partial charge in [-0.3, -0.25) is 14.5 Å². The topological polar surface area (TPSA) is 62.3 Å². The van der Waals surface area contributed by atoms with Gasteiger partial charge in [0.05, 0.1) is 12.1 Å². The fraction of sp³-hybridized carbons (Fsp3) is 0.267. The van der Waals surface area contributed by atoms with E-state index in [1.165, 1.54) is 4.90 Å². The highest BCUT2D eigenvalue weighted by atomic mass is 16.2. The number of carbonyl (C=O) groups is 2. The number of rotatable bonds is 3. The second-order valence-electron chi connectivity index (χ2n) is 4.81. The van der Waals surface area contributed by atoms with E-state index in [1.54, 1.807) is 7.05 Å². The summed E-state index contributed by atoms with van der Waals surface area (Å²) in [5, 5.41) is 4.03. The fourth-order valence-electron chi connectivity index (χ4n) is 2.47. The number of nitrogens with one attached hydrogen (secondary N) is 1. The summed E-state index contributed by atoms with van der Waals surface area (Å²) in [4.78, 5) is 29.3. The number of anilines is 1. The molecule has 1 N–H and O–H groups in total. The van der Waals surface area contributed by atoms with E-state index in [0.29, 0.717) is 18.7 Å². The van der Waals surface area contributed by atoms with E-state index < -0.39 is 0 Å². The highest BCUT2D eigenvalue weighted by Crippen LogP contribution is 2.24. The van der Waals surface area contributed by atoms with Gasteiger partial charge in [0.1, 0.15) is 5.82 Å². The lowest BCUT2D eigenvalue weighted by Gasteiger charge is -2.16. The Kier molecular flexibility index (Phi) is 3.10. The van der Waals surface area contributed by atoms with Crippen molar-refractivity contribution in [2.75, 3.05) is 12.4 Å². The number of nitrogens with zero attached hydrogens (tertiary/aromatic N) is 2. The minimum absolute atomic E-state index is 0.106. The number of para-hydroxylation sites is 1. The lowest BCUT2D eigenvalue weighted by atomic mass is 10.1.